The lowest BCUT2D eigenvalue weighted by Crippen LogP contribution is -2.30. The number of anilines is 1. The van der Waals surface area contributed by atoms with Gasteiger partial charge in [-0.1, -0.05) is 42.1 Å². The van der Waals surface area contributed by atoms with E-state index in [9.17, 15) is 27.6 Å². The van der Waals surface area contributed by atoms with Gasteiger partial charge < -0.3 is 15.0 Å². The maximum absolute atomic E-state index is 13.6. The van der Waals surface area contributed by atoms with Crippen molar-refractivity contribution in [2.45, 2.75) is 44.3 Å². The Morgan fingerprint density at radius 2 is 1.77 bits per heavy atom. The molecular formula is C26H27F3N4O4S2. The molecule has 0 radical (unpaired) electrons. The number of alkyl halides is 3. The summed E-state index contributed by atoms with van der Waals surface area (Å²) < 4.78 is 45.5. The second kappa shape index (κ2) is 12.6. The van der Waals surface area contributed by atoms with Crippen LogP contribution in [0.5, 0.6) is 0 Å². The maximum Gasteiger partial charge on any atom is 0.433 e. The summed E-state index contributed by atoms with van der Waals surface area (Å²) in [6, 6.07) is 9.18. The van der Waals surface area contributed by atoms with E-state index in [1.807, 2.05) is 13.8 Å². The number of hydrogen-bond acceptors (Lipinski definition) is 8. The van der Waals surface area contributed by atoms with Crippen LogP contribution in [0.25, 0.3) is 11.3 Å². The van der Waals surface area contributed by atoms with E-state index in [1.54, 1.807) is 42.2 Å². The number of thiophene rings is 1. The number of nitrogens with zero attached hydrogens (tertiary/aromatic N) is 3. The second-order valence-electron chi connectivity index (χ2n) is 8.26. The molecule has 2 amide bonds. The van der Waals surface area contributed by atoms with Gasteiger partial charge in [-0.3, -0.25) is 9.59 Å². The molecule has 2 heterocycles. The average molecular weight is 581 g/mol. The third kappa shape index (κ3) is 6.95. The third-order valence-corrected chi connectivity index (χ3v) is 7.89. The Morgan fingerprint density at radius 1 is 1.13 bits per heavy atom. The first-order chi connectivity index (χ1) is 18.4. The predicted octanol–water partition coefficient (Wildman–Crippen LogP) is 5.92. The Kier molecular flexibility index (Phi) is 9.73. The highest BCUT2D eigenvalue weighted by atomic mass is 32.2. The van der Waals surface area contributed by atoms with Crippen molar-refractivity contribution in [3.63, 3.8) is 0 Å². The van der Waals surface area contributed by atoms with Crippen molar-refractivity contribution in [2.24, 2.45) is 0 Å². The van der Waals surface area contributed by atoms with Gasteiger partial charge in [-0.15, -0.1) is 11.3 Å². The summed E-state index contributed by atoms with van der Waals surface area (Å²) in [5, 5.41) is 1.56. The number of esters is 1. The van der Waals surface area contributed by atoms with Gasteiger partial charge in [-0.05, 0) is 39.3 Å². The SMILES string of the molecule is CCN(CC)C(=O)c1sc(NC(=O)[C@H](C)Sc2nc(-c3ccccc3)cc(C(F)(F)F)n2)c(C(=O)OC)c1C. The van der Waals surface area contributed by atoms with Gasteiger partial charge in [-0.2, -0.15) is 13.2 Å². The van der Waals surface area contributed by atoms with E-state index >= 15 is 0 Å². The normalized spacial score (nSPS) is 12.1. The molecule has 2 aromatic heterocycles. The Labute approximate surface area is 232 Å². The summed E-state index contributed by atoms with van der Waals surface area (Å²) in [6.45, 7) is 7.63. The lowest BCUT2D eigenvalue weighted by molar-refractivity contribution is -0.141. The zero-order valence-corrected chi connectivity index (χ0v) is 23.5. The zero-order chi connectivity index (χ0) is 28.9. The van der Waals surface area contributed by atoms with Gasteiger partial charge in [0.2, 0.25) is 5.91 Å². The highest BCUT2D eigenvalue weighted by Gasteiger charge is 2.34. The first-order valence-electron chi connectivity index (χ1n) is 11.9. The van der Waals surface area contributed by atoms with Gasteiger partial charge >= 0.3 is 12.1 Å². The van der Waals surface area contributed by atoms with Crippen LogP contribution in [-0.4, -0.2) is 58.1 Å². The summed E-state index contributed by atoms with van der Waals surface area (Å²) in [7, 11) is 1.19. The molecule has 208 valence electrons. The number of aromatic nitrogens is 2. The summed E-state index contributed by atoms with van der Waals surface area (Å²) in [4.78, 5) is 48.3. The first kappa shape index (κ1) is 30.1. The lowest BCUT2D eigenvalue weighted by atomic mass is 10.1. The fourth-order valence-electron chi connectivity index (χ4n) is 3.61. The van der Waals surface area contributed by atoms with Crippen LogP contribution in [0.15, 0.2) is 41.6 Å². The summed E-state index contributed by atoms with van der Waals surface area (Å²) in [5.74, 6) is -1.64. The number of nitrogens with one attached hydrogen (secondary N) is 1. The number of methoxy groups -OCH3 is 1. The molecule has 1 N–H and O–H groups in total. The van der Waals surface area contributed by atoms with Crippen molar-refractivity contribution >= 4 is 45.9 Å². The zero-order valence-electron chi connectivity index (χ0n) is 21.9. The van der Waals surface area contributed by atoms with Gasteiger partial charge in [0.1, 0.15) is 10.7 Å². The van der Waals surface area contributed by atoms with E-state index in [4.69, 9.17) is 4.74 Å². The second-order valence-corrected chi connectivity index (χ2v) is 10.6. The predicted molar refractivity (Wildman–Crippen MR) is 144 cm³/mol. The molecule has 3 rings (SSSR count). The van der Waals surface area contributed by atoms with Crippen LogP contribution in [-0.2, 0) is 15.7 Å². The fourth-order valence-corrected chi connectivity index (χ4v) is 5.56. The molecule has 0 aliphatic rings. The van der Waals surface area contributed by atoms with E-state index in [1.165, 1.54) is 14.0 Å². The molecule has 8 nitrogen and oxygen atoms in total. The number of carbonyl (C=O) groups is 3. The Morgan fingerprint density at radius 3 is 2.33 bits per heavy atom. The molecule has 0 bridgehead atoms. The van der Waals surface area contributed by atoms with Crippen LogP contribution in [0.4, 0.5) is 18.2 Å². The van der Waals surface area contributed by atoms with Gasteiger partial charge in [-0.25, -0.2) is 14.8 Å². The minimum Gasteiger partial charge on any atom is -0.465 e. The minimum atomic E-state index is -4.72. The maximum atomic E-state index is 13.6. The molecule has 1 aromatic carbocycles. The van der Waals surface area contributed by atoms with E-state index in [0.717, 1.165) is 29.2 Å². The molecule has 13 heteroatoms. The van der Waals surface area contributed by atoms with Crippen molar-refractivity contribution in [3.05, 3.63) is 58.1 Å². The van der Waals surface area contributed by atoms with Crippen LogP contribution in [0.3, 0.4) is 0 Å². The third-order valence-electron chi connectivity index (χ3n) is 5.73. The number of rotatable bonds is 9. The fraction of sp³-hybridized carbons (Fsp3) is 0.346. The quantitative estimate of drug-likeness (QED) is 0.190. The van der Waals surface area contributed by atoms with Crippen LogP contribution < -0.4 is 5.32 Å². The number of ether oxygens (including phenoxy) is 1. The van der Waals surface area contributed by atoms with Crippen molar-refractivity contribution < 1.29 is 32.3 Å². The van der Waals surface area contributed by atoms with Gasteiger partial charge in [0.15, 0.2) is 5.16 Å². The highest BCUT2D eigenvalue weighted by Crippen LogP contribution is 2.36. The molecule has 0 saturated heterocycles. The topological polar surface area (TPSA) is 101 Å². The summed E-state index contributed by atoms with van der Waals surface area (Å²) >= 11 is 1.68. The van der Waals surface area contributed by atoms with Crippen LogP contribution in [0.1, 0.15) is 52.1 Å². The van der Waals surface area contributed by atoms with Gasteiger partial charge in [0.25, 0.3) is 5.91 Å². The largest absolute Gasteiger partial charge is 0.465 e. The van der Waals surface area contributed by atoms with Crippen LogP contribution in [0.2, 0.25) is 0 Å². The van der Waals surface area contributed by atoms with E-state index in [0.29, 0.717) is 24.2 Å². The van der Waals surface area contributed by atoms with Crippen LogP contribution >= 0.6 is 23.1 Å². The number of thioether (sulfide) groups is 1. The first-order valence-corrected chi connectivity index (χ1v) is 13.6. The molecule has 0 aliphatic heterocycles. The van der Waals surface area contributed by atoms with Crippen LogP contribution in [0, 0.1) is 6.92 Å². The molecule has 1 atom stereocenters. The van der Waals surface area contributed by atoms with Gasteiger partial charge in [0.05, 0.1) is 28.5 Å². The molecule has 0 spiro atoms. The van der Waals surface area contributed by atoms with Crippen molar-refractivity contribution in [3.8, 4) is 11.3 Å². The Balaban J connectivity index is 1.91. The van der Waals surface area contributed by atoms with E-state index in [-0.39, 0.29) is 32.2 Å². The monoisotopic (exact) mass is 580 g/mol. The van der Waals surface area contributed by atoms with Crippen molar-refractivity contribution in [1.82, 2.24) is 14.9 Å². The number of carbonyl (C=O) groups excluding carboxylic acids is 3. The number of halogens is 3. The Hall–Kier alpha value is -3.45. The smallest absolute Gasteiger partial charge is 0.433 e. The molecule has 0 unspecified atom stereocenters. The summed E-state index contributed by atoms with van der Waals surface area (Å²) in [5.41, 5.74) is -0.188. The molecule has 39 heavy (non-hydrogen) atoms. The van der Waals surface area contributed by atoms with E-state index in [2.05, 4.69) is 15.3 Å². The van der Waals surface area contributed by atoms with Crippen molar-refractivity contribution in [1.29, 1.82) is 0 Å². The molecule has 0 fully saturated rings. The van der Waals surface area contributed by atoms with Gasteiger partial charge in [0, 0.05) is 18.7 Å². The minimum absolute atomic E-state index is 0.0465. The summed E-state index contributed by atoms with van der Waals surface area (Å²) in [6.07, 6.45) is -4.72. The number of benzene rings is 1. The average Bonchev–Trinajstić information content (AvgIpc) is 3.23. The molecular weight excluding hydrogens is 553 g/mol. The highest BCUT2D eigenvalue weighted by molar-refractivity contribution is 8.00. The number of hydrogen-bond donors (Lipinski definition) is 1. The molecule has 3 aromatic rings. The number of amides is 2. The van der Waals surface area contributed by atoms with Crippen molar-refractivity contribution in [2.75, 3.05) is 25.5 Å². The standard InChI is InChI=1S/C26H27F3N4O4S2/c1-6-33(7-2)23(35)20-14(3)19(24(36)37-5)22(39-20)32-21(34)15(4)38-25-30-17(16-11-9-8-10-12-16)13-18(31-25)26(27,28)29/h8-13,15H,6-7H2,1-5H3,(H,32,34)/t15-/m0/s1. The molecule has 0 saturated carbocycles. The molecule has 0 aliphatic carbocycles. The van der Waals surface area contributed by atoms with E-state index < -0.39 is 29.0 Å². The Bertz CT molecular complexity index is 1360. The lowest BCUT2D eigenvalue weighted by Gasteiger charge is -2.18.